The van der Waals surface area contributed by atoms with E-state index < -0.39 is 5.91 Å². The maximum absolute atomic E-state index is 13.5. The van der Waals surface area contributed by atoms with Gasteiger partial charge in [-0.05, 0) is 13.0 Å². The van der Waals surface area contributed by atoms with Gasteiger partial charge in [0.25, 0.3) is 0 Å². The number of aromatic nitrogens is 3. The number of rotatable bonds is 9. The molecule has 0 atom stereocenters. The van der Waals surface area contributed by atoms with Gasteiger partial charge >= 0.3 is 0 Å². The van der Waals surface area contributed by atoms with Gasteiger partial charge in [0.1, 0.15) is 11.6 Å². The van der Waals surface area contributed by atoms with Crippen LogP contribution in [0, 0.1) is 5.82 Å². The number of amides is 2. The van der Waals surface area contributed by atoms with Crippen molar-refractivity contribution in [1.82, 2.24) is 20.1 Å². The molecule has 134 valence electrons. The molecule has 3 N–H and O–H groups in total. The zero-order chi connectivity index (χ0) is 18.2. The molecular weight excluding hydrogens is 345 g/mol. The summed E-state index contributed by atoms with van der Waals surface area (Å²) >= 11 is 1.24. The number of nitrogens with zero attached hydrogens (tertiary/aromatic N) is 3. The van der Waals surface area contributed by atoms with Gasteiger partial charge in [0, 0.05) is 31.5 Å². The third kappa shape index (κ3) is 5.56. The quantitative estimate of drug-likeness (QED) is 0.651. The molecule has 1 aromatic heterocycles. The van der Waals surface area contributed by atoms with Crippen molar-refractivity contribution in [2.24, 2.45) is 5.73 Å². The first-order chi connectivity index (χ1) is 12.0. The van der Waals surface area contributed by atoms with E-state index in [0.29, 0.717) is 29.5 Å². The van der Waals surface area contributed by atoms with Crippen LogP contribution < -0.4 is 11.1 Å². The van der Waals surface area contributed by atoms with Crippen LogP contribution >= 0.6 is 11.8 Å². The Bertz CT molecular complexity index is 750. The van der Waals surface area contributed by atoms with Crippen molar-refractivity contribution >= 4 is 23.6 Å². The lowest BCUT2D eigenvalue weighted by atomic mass is 10.2. The number of halogens is 1. The number of thioether (sulfide) groups is 1. The van der Waals surface area contributed by atoms with Crippen LogP contribution in [0.3, 0.4) is 0 Å². The summed E-state index contributed by atoms with van der Waals surface area (Å²) < 4.78 is 15.4. The number of hydrogen-bond donors (Lipinski definition) is 2. The number of hydrogen-bond acceptors (Lipinski definition) is 5. The van der Waals surface area contributed by atoms with Crippen LogP contribution in [0.25, 0.3) is 0 Å². The van der Waals surface area contributed by atoms with E-state index in [1.807, 2.05) is 11.5 Å². The second-order valence-electron chi connectivity index (χ2n) is 5.27. The van der Waals surface area contributed by atoms with Gasteiger partial charge in [-0.2, -0.15) is 0 Å². The zero-order valence-corrected chi connectivity index (χ0v) is 14.7. The number of aryl methyl sites for hydroxylation is 1. The van der Waals surface area contributed by atoms with Crippen molar-refractivity contribution in [3.05, 3.63) is 41.5 Å². The predicted molar refractivity (Wildman–Crippen MR) is 92.2 cm³/mol. The summed E-state index contributed by atoms with van der Waals surface area (Å²) in [6, 6.07) is 6.30. The summed E-state index contributed by atoms with van der Waals surface area (Å²) in [6.07, 6.45) is 0.613. The van der Waals surface area contributed by atoms with Crippen molar-refractivity contribution in [3.8, 4) is 0 Å². The van der Waals surface area contributed by atoms with Gasteiger partial charge in [-0.15, -0.1) is 10.2 Å². The van der Waals surface area contributed by atoms with Crippen LogP contribution in [0.15, 0.2) is 29.4 Å². The predicted octanol–water partition coefficient (Wildman–Crippen LogP) is 1.26. The Morgan fingerprint density at radius 1 is 1.32 bits per heavy atom. The second-order valence-corrected chi connectivity index (χ2v) is 6.21. The van der Waals surface area contributed by atoms with Crippen molar-refractivity contribution in [2.75, 3.05) is 5.75 Å². The van der Waals surface area contributed by atoms with Crippen LogP contribution in [0.1, 0.15) is 24.7 Å². The minimum Gasteiger partial charge on any atom is -0.370 e. The molecule has 25 heavy (non-hydrogen) atoms. The van der Waals surface area contributed by atoms with Gasteiger partial charge in [0.15, 0.2) is 5.16 Å². The maximum atomic E-state index is 13.5. The molecule has 2 aromatic rings. The van der Waals surface area contributed by atoms with Crippen LogP contribution in [0.5, 0.6) is 0 Å². The molecule has 1 heterocycles. The van der Waals surface area contributed by atoms with Gasteiger partial charge in [-0.1, -0.05) is 30.0 Å². The summed E-state index contributed by atoms with van der Waals surface area (Å²) in [7, 11) is 0. The van der Waals surface area contributed by atoms with E-state index in [-0.39, 0.29) is 30.4 Å². The molecule has 7 nitrogen and oxygen atoms in total. The van der Waals surface area contributed by atoms with E-state index in [0.717, 1.165) is 0 Å². The van der Waals surface area contributed by atoms with E-state index in [2.05, 4.69) is 15.5 Å². The molecule has 9 heteroatoms. The largest absolute Gasteiger partial charge is 0.370 e. The van der Waals surface area contributed by atoms with Crippen LogP contribution in [-0.2, 0) is 29.1 Å². The average molecular weight is 365 g/mol. The van der Waals surface area contributed by atoms with E-state index in [1.54, 1.807) is 18.2 Å². The number of nitrogens with one attached hydrogen (secondary N) is 1. The monoisotopic (exact) mass is 365 g/mol. The average Bonchev–Trinajstić information content (AvgIpc) is 2.99. The molecule has 0 aliphatic carbocycles. The van der Waals surface area contributed by atoms with E-state index in [4.69, 9.17) is 5.73 Å². The Morgan fingerprint density at radius 3 is 2.76 bits per heavy atom. The van der Waals surface area contributed by atoms with Crippen LogP contribution in [0.4, 0.5) is 4.39 Å². The Balaban J connectivity index is 1.87. The number of benzene rings is 1. The highest BCUT2D eigenvalue weighted by Gasteiger charge is 2.14. The van der Waals surface area contributed by atoms with Crippen molar-refractivity contribution in [3.63, 3.8) is 0 Å². The number of primary amides is 1. The molecule has 1 aromatic carbocycles. The Hall–Kier alpha value is -2.42. The van der Waals surface area contributed by atoms with E-state index in [9.17, 15) is 14.0 Å². The van der Waals surface area contributed by atoms with E-state index in [1.165, 1.54) is 17.8 Å². The highest BCUT2D eigenvalue weighted by molar-refractivity contribution is 7.99. The molecule has 0 bridgehead atoms. The van der Waals surface area contributed by atoms with Crippen molar-refractivity contribution in [2.45, 2.75) is 38.0 Å². The highest BCUT2D eigenvalue weighted by Crippen LogP contribution is 2.17. The van der Waals surface area contributed by atoms with Gasteiger partial charge < -0.3 is 15.6 Å². The van der Waals surface area contributed by atoms with Gasteiger partial charge in [-0.3, -0.25) is 9.59 Å². The Morgan fingerprint density at radius 2 is 2.08 bits per heavy atom. The number of carbonyl (C=O) groups excluding carboxylic acids is 2. The smallest absolute Gasteiger partial charge is 0.230 e. The second kappa shape index (κ2) is 9.16. The molecule has 0 aliphatic rings. The topological polar surface area (TPSA) is 103 Å². The summed E-state index contributed by atoms with van der Waals surface area (Å²) in [6.45, 7) is 2.69. The Kier molecular flexibility index (Phi) is 6.93. The Labute approximate surface area is 149 Å². The fourth-order valence-electron chi connectivity index (χ4n) is 2.18. The molecule has 0 aliphatic heterocycles. The SMILES string of the molecule is CCn1c(CCC(N)=O)nnc1SCC(=O)NCc1ccccc1F. The summed E-state index contributed by atoms with van der Waals surface area (Å²) in [5, 5.41) is 11.4. The standard InChI is InChI=1S/C16H20FN5O2S/c1-2-22-14(8-7-13(18)23)20-21-16(22)25-10-15(24)19-9-11-5-3-4-6-12(11)17/h3-6H,2,7-10H2,1H3,(H2,18,23)(H,19,24). The summed E-state index contributed by atoms with van der Waals surface area (Å²) in [5.41, 5.74) is 5.58. The zero-order valence-electron chi connectivity index (χ0n) is 13.9. The molecule has 0 saturated heterocycles. The minimum absolute atomic E-state index is 0.135. The number of carbonyl (C=O) groups is 2. The van der Waals surface area contributed by atoms with E-state index >= 15 is 0 Å². The molecule has 0 saturated carbocycles. The minimum atomic E-state index is -0.396. The first kappa shape index (κ1) is 18.9. The fourth-order valence-corrected chi connectivity index (χ4v) is 3.03. The maximum Gasteiger partial charge on any atom is 0.230 e. The highest BCUT2D eigenvalue weighted by atomic mass is 32.2. The lowest BCUT2D eigenvalue weighted by Crippen LogP contribution is -2.25. The molecule has 0 unspecified atom stereocenters. The first-order valence-corrected chi connectivity index (χ1v) is 8.83. The fraction of sp³-hybridized carbons (Fsp3) is 0.375. The molecule has 2 amide bonds. The van der Waals surface area contributed by atoms with Gasteiger partial charge in [0.05, 0.1) is 5.75 Å². The molecular formula is C16H20FN5O2S. The third-order valence-electron chi connectivity index (χ3n) is 3.47. The normalized spacial score (nSPS) is 10.6. The van der Waals surface area contributed by atoms with Crippen LogP contribution in [-0.4, -0.2) is 32.3 Å². The molecule has 0 spiro atoms. The molecule has 2 rings (SSSR count). The lowest BCUT2D eigenvalue weighted by molar-refractivity contribution is -0.119. The van der Waals surface area contributed by atoms with Gasteiger partial charge in [-0.25, -0.2) is 4.39 Å². The van der Waals surface area contributed by atoms with Crippen molar-refractivity contribution < 1.29 is 14.0 Å². The molecule has 0 radical (unpaired) electrons. The number of nitrogens with two attached hydrogens (primary N) is 1. The lowest BCUT2D eigenvalue weighted by Gasteiger charge is -2.08. The van der Waals surface area contributed by atoms with Gasteiger partial charge in [0.2, 0.25) is 11.8 Å². The van der Waals surface area contributed by atoms with Crippen LogP contribution in [0.2, 0.25) is 0 Å². The first-order valence-electron chi connectivity index (χ1n) is 7.84. The van der Waals surface area contributed by atoms with Crippen molar-refractivity contribution in [1.29, 1.82) is 0 Å². The molecule has 0 fully saturated rings. The summed E-state index contributed by atoms with van der Waals surface area (Å²) in [5.74, 6) is -0.164. The third-order valence-corrected chi connectivity index (χ3v) is 4.44. The summed E-state index contributed by atoms with van der Waals surface area (Å²) in [4.78, 5) is 22.8.